The van der Waals surface area contributed by atoms with E-state index in [4.69, 9.17) is 0 Å². The molecule has 0 saturated carbocycles. The maximum Gasteiger partial charge on any atom is 1.00 e. The average molecular weight is 190 g/mol. The third kappa shape index (κ3) is 4.90. The van der Waals surface area contributed by atoms with E-state index < -0.39 is 6.16 Å². The fourth-order valence-electron chi connectivity index (χ4n) is 0.716. The Kier molecular flexibility index (Phi) is 6.69. The van der Waals surface area contributed by atoms with Crippen LogP contribution in [0, 0.1) is 0 Å². The van der Waals surface area contributed by atoms with Gasteiger partial charge in [0, 0.05) is 0 Å². The normalized spacial score (nSPS) is 8.33. The van der Waals surface area contributed by atoms with Crippen molar-refractivity contribution in [2.75, 3.05) is 0 Å². The molecule has 0 unspecified atom stereocenters. The predicted octanol–water partition coefficient (Wildman–Crippen LogP) is -2.45. The number of hydrogen-bond acceptors (Lipinski definition) is 3. The van der Waals surface area contributed by atoms with E-state index in [0.29, 0.717) is 0 Å². The SMILES string of the molecule is O=C([O-])OCc1ccccc1.[K+]. The minimum atomic E-state index is -1.49. The van der Waals surface area contributed by atoms with Crippen LogP contribution in [0.5, 0.6) is 0 Å². The van der Waals surface area contributed by atoms with E-state index in [1.165, 1.54) is 0 Å². The Balaban J connectivity index is 0.00000121. The number of carbonyl (C=O) groups is 1. The zero-order valence-corrected chi connectivity index (χ0v) is 9.94. The average Bonchev–Trinajstić information content (AvgIpc) is 2.03. The number of hydrogen-bond donors (Lipinski definition) is 0. The van der Waals surface area contributed by atoms with Crippen molar-refractivity contribution in [3.05, 3.63) is 35.9 Å². The summed E-state index contributed by atoms with van der Waals surface area (Å²) in [5.41, 5.74) is 0.816. The van der Waals surface area contributed by atoms with E-state index in [1.807, 2.05) is 18.2 Å². The van der Waals surface area contributed by atoms with Gasteiger partial charge in [-0.25, -0.2) is 0 Å². The molecule has 1 aromatic rings. The molecule has 0 N–H and O–H groups in total. The van der Waals surface area contributed by atoms with Gasteiger partial charge in [-0.2, -0.15) is 0 Å². The molecule has 0 amide bonds. The van der Waals surface area contributed by atoms with E-state index in [0.717, 1.165) is 5.56 Å². The topological polar surface area (TPSA) is 49.4 Å². The molecule has 0 aliphatic heterocycles. The second-order valence-electron chi connectivity index (χ2n) is 2.02. The molecule has 4 heteroatoms. The molecular formula is C8H7KO3. The summed E-state index contributed by atoms with van der Waals surface area (Å²) in [7, 11) is 0. The van der Waals surface area contributed by atoms with Gasteiger partial charge in [-0.05, 0) is 5.56 Å². The molecule has 58 valence electrons. The van der Waals surface area contributed by atoms with Crippen molar-refractivity contribution in [2.24, 2.45) is 0 Å². The van der Waals surface area contributed by atoms with Crippen LogP contribution >= 0.6 is 0 Å². The van der Waals surface area contributed by atoms with E-state index in [2.05, 4.69) is 4.74 Å². The number of rotatable bonds is 2. The molecule has 0 spiro atoms. The van der Waals surface area contributed by atoms with E-state index >= 15 is 0 Å². The van der Waals surface area contributed by atoms with Gasteiger partial charge in [0.1, 0.15) is 0 Å². The van der Waals surface area contributed by atoms with Crippen molar-refractivity contribution < 1.29 is 66.0 Å². The second-order valence-corrected chi connectivity index (χ2v) is 2.02. The summed E-state index contributed by atoms with van der Waals surface area (Å²) < 4.78 is 4.23. The van der Waals surface area contributed by atoms with Gasteiger partial charge < -0.3 is 14.6 Å². The van der Waals surface area contributed by atoms with Crippen LogP contribution in [0.2, 0.25) is 0 Å². The summed E-state index contributed by atoms with van der Waals surface area (Å²) in [6, 6.07) is 9.04. The van der Waals surface area contributed by atoms with Crippen LogP contribution in [-0.4, -0.2) is 6.16 Å². The van der Waals surface area contributed by atoms with E-state index in [-0.39, 0.29) is 58.0 Å². The van der Waals surface area contributed by atoms with Crippen LogP contribution in [-0.2, 0) is 11.3 Å². The first kappa shape index (κ1) is 12.1. The van der Waals surface area contributed by atoms with Gasteiger partial charge in [0.2, 0.25) is 0 Å². The van der Waals surface area contributed by atoms with Crippen LogP contribution in [0.1, 0.15) is 5.56 Å². The van der Waals surface area contributed by atoms with Gasteiger partial charge in [0.15, 0.2) is 0 Å². The molecular weight excluding hydrogens is 183 g/mol. The van der Waals surface area contributed by atoms with Gasteiger partial charge in [-0.1, -0.05) is 30.3 Å². The maximum absolute atomic E-state index is 9.84. The molecule has 0 aliphatic carbocycles. The number of carboxylic acid groups (broad SMARTS) is 1. The van der Waals surface area contributed by atoms with Crippen LogP contribution < -0.4 is 56.5 Å². The number of carbonyl (C=O) groups excluding carboxylic acids is 1. The Morgan fingerprint density at radius 2 is 1.92 bits per heavy atom. The van der Waals surface area contributed by atoms with Crippen molar-refractivity contribution in [1.82, 2.24) is 0 Å². The molecule has 12 heavy (non-hydrogen) atoms. The Morgan fingerprint density at radius 1 is 1.33 bits per heavy atom. The smallest absolute Gasteiger partial charge is 0.545 e. The molecule has 0 atom stereocenters. The van der Waals surface area contributed by atoms with Gasteiger partial charge in [0.25, 0.3) is 6.16 Å². The molecule has 0 saturated heterocycles. The third-order valence-corrected chi connectivity index (χ3v) is 1.20. The van der Waals surface area contributed by atoms with Crippen LogP contribution in [0.25, 0.3) is 0 Å². The predicted molar refractivity (Wildman–Crippen MR) is 36.6 cm³/mol. The van der Waals surface area contributed by atoms with E-state index in [9.17, 15) is 9.90 Å². The molecule has 3 nitrogen and oxygen atoms in total. The Morgan fingerprint density at radius 3 is 2.42 bits per heavy atom. The van der Waals surface area contributed by atoms with Crippen LogP contribution in [0.15, 0.2) is 30.3 Å². The van der Waals surface area contributed by atoms with Crippen LogP contribution in [0.3, 0.4) is 0 Å². The zero-order chi connectivity index (χ0) is 8.10. The Labute approximate surface area is 113 Å². The van der Waals surface area contributed by atoms with Gasteiger partial charge in [-0.15, -0.1) is 0 Å². The van der Waals surface area contributed by atoms with Gasteiger partial charge >= 0.3 is 51.4 Å². The van der Waals surface area contributed by atoms with Crippen molar-refractivity contribution in [3.63, 3.8) is 0 Å². The molecule has 1 aromatic carbocycles. The van der Waals surface area contributed by atoms with Crippen LogP contribution in [0.4, 0.5) is 4.79 Å². The quantitative estimate of drug-likeness (QED) is 0.384. The third-order valence-electron chi connectivity index (χ3n) is 1.20. The zero-order valence-electron chi connectivity index (χ0n) is 6.82. The second kappa shape index (κ2) is 6.62. The largest absolute Gasteiger partial charge is 1.00 e. The summed E-state index contributed by atoms with van der Waals surface area (Å²) in [6.07, 6.45) is -1.49. The molecule has 0 fully saturated rings. The fraction of sp³-hybridized carbons (Fsp3) is 0.125. The molecule has 1 rings (SSSR count). The molecule has 0 aliphatic rings. The monoisotopic (exact) mass is 190 g/mol. The van der Waals surface area contributed by atoms with Crippen molar-refractivity contribution in [1.29, 1.82) is 0 Å². The van der Waals surface area contributed by atoms with Gasteiger partial charge in [-0.3, -0.25) is 0 Å². The summed E-state index contributed by atoms with van der Waals surface area (Å²) in [4.78, 5) is 9.84. The van der Waals surface area contributed by atoms with E-state index in [1.54, 1.807) is 12.1 Å². The first-order chi connectivity index (χ1) is 5.29. The molecule has 0 heterocycles. The standard InChI is InChI=1S/C8H8O3.K/c9-8(10)11-6-7-4-2-1-3-5-7;/h1-5H,6H2,(H,9,10);/q;+1/p-1. The summed E-state index contributed by atoms with van der Waals surface area (Å²) in [5.74, 6) is 0. The Hall–Kier alpha value is 0.126. The first-order valence-corrected chi connectivity index (χ1v) is 3.17. The van der Waals surface area contributed by atoms with Crippen molar-refractivity contribution in [3.8, 4) is 0 Å². The fourth-order valence-corrected chi connectivity index (χ4v) is 0.716. The molecule has 0 radical (unpaired) electrons. The summed E-state index contributed by atoms with van der Waals surface area (Å²) in [5, 5.41) is 9.84. The summed E-state index contributed by atoms with van der Waals surface area (Å²) >= 11 is 0. The molecule has 0 aromatic heterocycles. The number of benzene rings is 1. The maximum atomic E-state index is 9.84. The first-order valence-electron chi connectivity index (χ1n) is 3.17. The summed E-state index contributed by atoms with van der Waals surface area (Å²) in [6.45, 7) is 0.0587. The molecule has 0 bridgehead atoms. The minimum absolute atomic E-state index is 0. The Bertz CT molecular complexity index is 235. The van der Waals surface area contributed by atoms with Crippen molar-refractivity contribution in [2.45, 2.75) is 6.61 Å². The number of ether oxygens (including phenoxy) is 1. The van der Waals surface area contributed by atoms with Crippen molar-refractivity contribution >= 4 is 6.16 Å². The minimum Gasteiger partial charge on any atom is -0.545 e. The van der Waals surface area contributed by atoms with Gasteiger partial charge in [0.05, 0.1) is 6.61 Å².